The third-order valence-corrected chi connectivity index (χ3v) is 7.03. The summed E-state index contributed by atoms with van der Waals surface area (Å²) < 4.78 is 23.6. The van der Waals surface area contributed by atoms with Crippen LogP contribution in [0.1, 0.15) is 65.3 Å². The fourth-order valence-corrected chi connectivity index (χ4v) is 5.15. The summed E-state index contributed by atoms with van der Waals surface area (Å²) in [5.74, 6) is 0.148. The average molecular weight is 606 g/mol. The number of amides is 1. The van der Waals surface area contributed by atoms with E-state index in [0.717, 1.165) is 10.9 Å². The smallest absolute Gasteiger partial charge is 0.338 e. The van der Waals surface area contributed by atoms with Gasteiger partial charge in [-0.1, -0.05) is 28.9 Å². The molecule has 0 saturated carbocycles. The van der Waals surface area contributed by atoms with Crippen molar-refractivity contribution in [1.29, 1.82) is 0 Å². The van der Waals surface area contributed by atoms with Crippen LogP contribution in [0.3, 0.4) is 0 Å². The molecule has 0 fully saturated rings. The maximum Gasteiger partial charge on any atom is 0.338 e. The van der Waals surface area contributed by atoms with E-state index >= 15 is 0 Å². The molecule has 206 valence electrons. The molecule has 9 heteroatoms. The molecule has 3 aromatic carbocycles. The molecule has 1 amide bonds. The first-order chi connectivity index (χ1) is 19.4. The van der Waals surface area contributed by atoms with Crippen molar-refractivity contribution in [2.45, 2.75) is 33.2 Å². The zero-order valence-electron chi connectivity index (χ0n) is 22.4. The highest BCUT2D eigenvalue weighted by atomic mass is 79.9. The fourth-order valence-electron chi connectivity index (χ4n) is 4.79. The Labute approximate surface area is 239 Å². The largest absolute Gasteiger partial charge is 0.490 e. The number of benzene rings is 3. The molecule has 4 aromatic rings. The average Bonchev–Trinajstić information content (AvgIpc) is 3.25. The number of ether oxygens (including phenoxy) is 3. The minimum Gasteiger partial charge on any atom is -0.490 e. The van der Waals surface area contributed by atoms with Crippen molar-refractivity contribution in [3.63, 3.8) is 0 Å². The summed E-state index contributed by atoms with van der Waals surface area (Å²) in [6, 6.07) is 16.2. The molecule has 40 heavy (non-hydrogen) atoms. The lowest BCUT2D eigenvalue weighted by Crippen LogP contribution is -2.29. The highest BCUT2D eigenvalue weighted by Gasteiger charge is 2.44. The van der Waals surface area contributed by atoms with Crippen LogP contribution in [0.15, 0.2) is 74.3 Å². The molecule has 1 aliphatic rings. The summed E-state index contributed by atoms with van der Waals surface area (Å²) in [5, 5.41) is 0.360. The van der Waals surface area contributed by atoms with Crippen molar-refractivity contribution < 1.29 is 28.2 Å². The van der Waals surface area contributed by atoms with Crippen LogP contribution in [0.5, 0.6) is 11.5 Å². The number of carbonyl (C=O) groups excluding carboxylic acids is 2. The summed E-state index contributed by atoms with van der Waals surface area (Å²) in [7, 11) is 0. The van der Waals surface area contributed by atoms with Gasteiger partial charge in [-0.25, -0.2) is 4.79 Å². The first-order valence-corrected chi connectivity index (χ1v) is 13.9. The SMILES string of the molecule is CCCOc1ccc(C2c3c(oc4ccc(Br)cc4c3=O)C(=O)N2c2ccc(C(=O)OCC)cc2)cc1OCC. The van der Waals surface area contributed by atoms with Gasteiger partial charge in [0.25, 0.3) is 5.91 Å². The lowest BCUT2D eigenvalue weighted by atomic mass is 9.97. The fraction of sp³-hybridized carbons (Fsp3) is 0.258. The minimum absolute atomic E-state index is 0.0245. The molecule has 8 nitrogen and oxygen atoms in total. The number of fused-ring (bicyclic) bond motifs is 2. The Hall–Kier alpha value is -4.11. The lowest BCUT2D eigenvalue weighted by Gasteiger charge is -2.26. The summed E-state index contributed by atoms with van der Waals surface area (Å²) in [5.41, 5.74) is 1.74. The molecule has 1 atom stereocenters. The Morgan fingerprint density at radius 3 is 2.40 bits per heavy atom. The van der Waals surface area contributed by atoms with Gasteiger partial charge in [-0.2, -0.15) is 0 Å². The van der Waals surface area contributed by atoms with Gasteiger partial charge in [-0.05, 0) is 80.4 Å². The van der Waals surface area contributed by atoms with Crippen LogP contribution in [0.2, 0.25) is 0 Å². The molecule has 0 N–H and O–H groups in total. The highest BCUT2D eigenvalue weighted by Crippen LogP contribution is 2.43. The number of halogens is 1. The predicted molar refractivity (Wildman–Crippen MR) is 155 cm³/mol. The number of rotatable bonds is 9. The van der Waals surface area contributed by atoms with Crippen molar-refractivity contribution in [3.8, 4) is 11.5 Å². The van der Waals surface area contributed by atoms with E-state index in [1.54, 1.807) is 61.5 Å². The molecule has 0 spiro atoms. The van der Waals surface area contributed by atoms with Crippen LogP contribution < -0.4 is 19.8 Å². The summed E-state index contributed by atoms with van der Waals surface area (Å²) in [4.78, 5) is 41.6. The maximum absolute atomic E-state index is 13.9. The number of carbonyl (C=O) groups is 2. The second-order valence-electron chi connectivity index (χ2n) is 9.15. The summed E-state index contributed by atoms with van der Waals surface area (Å²) in [6.45, 7) is 6.81. The number of nitrogens with zero attached hydrogens (tertiary/aromatic N) is 1. The number of anilines is 1. The van der Waals surface area contributed by atoms with E-state index in [4.69, 9.17) is 18.6 Å². The van der Waals surface area contributed by atoms with Gasteiger partial charge in [0.1, 0.15) is 5.58 Å². The van der Waals surface area contributed by atoms with Crippen molar-refractivity contribution in [2.75, 3.05) is 24.7 Å². The molecule has 0 aliphatic carbocycles. The number of esters is 1. The summed E-state index contributed by atoms with van der Waals surface area (Å²) in [6.07, 6.45) is 0.830. The van der Waals surface area contributed by atoms with Crippen molar-refractivity contribution in [1.82, 2.24) is 0 Å². The van der Waals surface area contributed by atoms with Crippen LogP contribution in [0.25, 0.3) is 11.0 Å². The Kier molecular flexibility index (Phi) is 7.93. The van der Waals surface area contributed by atoms with Crippen LogP contribution >= 0.6 is 15.9 Å². The van der Waals surface area contributed by atoms with E-state index < -0.39 is 17.9 Å². The number of hydrogen-bond acceptors (Lipinski definition) is 7. The minimum atomic E-state index is -0.810. The Morgan fingerprint density at radius 1 is 0.925 bits per heavy atom. The third-order valence-electron chi connectivity index (χ3n) is 6.53. The lowest BCUT2D eigenvalue weighted by molar-refractivity contribution is 0.0526. The zero-order valence-corrected chi connectivity index (χ0v) is 23.9. The molecule has 1 aromatic heterocycles. The monoisotopic (exact) mass is 605 g/mol. The Morgan fingerprint density at radius 2 is 1.70 bits per heavy atom. The molecule has 0 saturated heterocycles. The van der Waals surface area contributed by atoms with Crippen LogP contribution in [-0.4, -0.2) is 31.7 Å². The highest BCUT2D eigenvalue weighted by molar-refractivity contribution is 9.10. The van der Waals surface area contributed by atoms with E-state index in [2.05, 4.69) is 15.9 Å². The van der Waals surface area contributed by atoms with Crippen molar-refractivity contribution in [2.24, 2.45) is 0 Å². The van der Waals surface area contributed by atoms with Gasteiger partial charge in [-0.3, -0.25) is 14.5 Å². The van der Waals surface area contributed by atoms with Gasteiger partial charge in [0.2, 0.25) is 5.76 Å². The van der Waals surface area contributed by atoms with Gasteiger partial charge >= 0.3 is 5.97 Å². The molecular weight excluding hydrogens is 578 g/mol. The normalized spacial score (nSPS) is 14.3. The molecule has 5 rings (SSSR count). The second kappa shape index (κ2) is 11.6. The summed E-state index contributed by atoms with van der Waals surface area (Å²) >= 11 is 3.43. The molecule has 1 unspecified atom stereocenters. The third kappa shape index (κ3) is 4.97. The molecule has 0 bridgehead atoms. The Balaban J connectivity index is 1.70. The molecule has 0 radical (unpaired) electrons. The van der Waals surface area contributed by atoms with Gasteiger partial charge < -0.3 is 18.6 Å². The van der Waals surface area contributed by atoms with Crippen LogP contribution in [-0.2, 0) is 4.74 Å². The van der Waals surface area contributed by atoms with E-state index in [1.807, 2.05) is 19.9 Å². The standard InChI is InChI=1S/C31H28BrNO7/c1-4-15-39-24-13-9-19(16-25(24)37-5-2)27-26-28(34)22-17-20(32)10-14-23(22)40-29(26)30(35)33(27)21-11-7-18(8-12-21)31(36)38-6-3/h7-14,16-17,27H,4-6,15H2,1-3H3. The van der Waals surface area contributed by atoms with Gasteiger partial charge in [0.15, 0.2) is 16.9 Å². The molecule has 1 aliphatic heterocycles. The first kappa shape index (κ1) is 27.5. The van der Waals surface area contributed by atoms with Crippen molar-refractivity contribution in [3.05, 3.63) is 97.8 Å². The van der Waals surface area contributed by atoms with E-state index in [1.165, 1.54) is 4.90 Å². The topological polar surface area (TPSA) is 95.3 Å². The van der Waals surface area contributed by atoms with Crippen molar-refractivity contribution >= 4 is 44.5 Å². The van der Waals surface area contributed by atoms with E-state index in [9.17, 15) is 14.4 Å². The van der Waals surface area contributed by atoms with Gasteiger partial charge in [0.05, 0.1) is 42.4 Å². The quantitative estimate of drug-likeness (QED) is 0.197. The maximum atomic E-state index is 13.9. The van der Waals surface area contributed by atoms with Gasteiger partial charge in [0, 0.05) is 10.2 Å². The zero-order chi connectivity index (χ0) is 28.4. The number of hydrogen-bond donors (Lipinski definition) is 0. The second-order valence-corrected chi connectivity index (χ2v) is 10.1. The molecule has 2 heterocycles. The van der Waals surface area contributed by atoms with Gasteiger partial charge in [-0.15, -0.1) is 0 Å². The predicted octanol–water partition coefficient (Wildman–Crippen LogP) is 6.67. The molecular formula is C31H28BrNO7. The van der Waals surface area contributed by atoms with Crippen LogP contribution in [0.4, 0.5) is 5.69 Å². The Bertz CT molecular complexity index is 1640. The first-order valence-electron chi connectivity index (χ1n) is 13.1. The van der Waals surface area contributed by atoms with E-state index in [-0.39, 0.29) is 23.4 Å². The van der Waals surface area contributed by atoms with Crippen LogP contribution in [0, 0.1) is 0 Å². The van der Waals surface area contributed by atoms with E-state index in [0.29, 0.717) is 52.5 Å².